The first-order valence-electron chi connectivity index (χ1n) is 8.67. The average molecular weight is 446 g/mol. The summed E-state index contributed by atoms with van der Waals surface area (Å²) in [4.78, 5) is 25.9. The Morgan fingerprint density at radius 2 is 1.96 bits per heavy atom. The minimum absolute atomic E-state index is 0.175. The van der Waals surface area contributed by atoms with Gasteiger partial charge in [0.15, 0.2) is 0 Å². The minimum atomic E-state index is -0.269. The molecule has 27 heavy (non-hydrogen) atoms. The number of amides is 2. The van der Waals surface area contributed by atoms with Crippen molar-refractivity contribution in [3.8, 4) is 11.8 Å². The maximum Gasteiger partial charge on any atom is 0.253 e. The summed E-state index contributed by atoms with van der Waals surface area (Å²) in [6.45, 7) is 0.988. The van der Waals surface area contributed by atoms with E-state index >= 15 is 0 Å². The second-order valence-corrected chi connectivity index (χ2v) is 7.48. The molecule has 1 fully saturated rings. The van der Waals surface area contributed by atoms with Crippen molar-refractivity contribution in [2.75, 3.05) is 18.0 Å². The van der Waals surface area contributed by atoms with Crippen LogP contribution < -0.4 is 10.2 Å². The molecule has 2 amide bonds. The van der Waals surface area contributed by atoms with Gasteiger partial charge in [-0.1, -0.05) is 39.4 Å². The molecule has 2 aromatic carbocycles. The summed E-state index contributed by atoms with van der Waals surface area (Å²) in [6, 6.07) is 12.7. The van der Waals surface area contributed by atoms with Gasteiger partial charge < -0.3 is 10.2 Å². The van der Waals surface area contributed by atoms with Crippen LogP contribution in [0.4, 0.5) is 5.69 Å². The minimum Gasteiger partial charge on any atom is -0.341 e. The van der Waals surface area contributed by atoms with E-state index in [-0.39, 0.29) is 18.4 Å². The van der Waals surface area contributed by atoms with Gasteiger partial charge in [-0.15, -0.1) is 0 Å². The van der Waals surface area contributed by atoms with E-state index in [1.165, 1.54) is 0 Å². The van der Waals surface area contributed by atoms with Crippen LogP contribution in [-0.4, -0.2) is 24.9 Å². The highest BCUT2D eigenvalue weighted by molar-refractivity contribution is 9.10. The third kappa shape index (κ3) is 5.12. The Kier molecular flexibility index (Phi) is 6.54. The second kappa shape index (κ2) is 9.07. The van der Waals surface area contributed by atoms with Crippen LogP contribution in [0.15, 0.2) is 46.9 Å². The lowest BCUT2D eigenvalue weighted by atomic mass is 10.1. The van der Waals surface area contributed by atoms with Crippen molar-refractivity contribution in [1.29, 1.82) is 0 Å². The van der Waals surface area contributed by atoms with E-state index in [9.17, 15) is 9.59 Å². The van der Waals surface area contributed by atoms with Crippen LogP contribution in [0.1, 0.15) is 35.2 Å². The summed E-state index contributed by atoms with van der Waals surface area (Å²) >= 11 is 9.37. The van der Waals surface area contributed by atoms with Gasteiger partial charge in [0.2, 0.25) is 5.91 Å². The predicted molar refractivity (Wildman–Crippen MR) is 111 cm³/mol. The van der Waals surface area contributed by atoms with Gasteiger partial charge in [-0.25, -0.2) is 0 Å². The molecule has 1 heterocycles. The molecule has 6 heteroatoms. The second-order valence-electron chi connectivity index (χ2n) is 6.16. The van der Waals surface area contributed by atoms with E-state index in [2.05, 4.69) is 33.1 Å². The number of piperidine rings is 1. The zero-order valence-corrected chi connectivity index (χ0v) is 16.9. The number of nitrogens with one attached hydrogen (secondary N) is 1. The van der Waals surface area contributed by atoms with E-state index in [0.717, 1.165) is 35.1 Å². The van der Waals surface area contributed by atoms with Gasteiger partial charge in [0.1, 0.15) is 0 Å². The van der Waals surface area contributed by atoms with E-state index in [1.54, 1.807) is 18.2 Å². The number of carbonyl (C=O) groups excluding carboxylic acids is 2. The van der Waals surface area contributed by atoms with E-state index in [4.69, 9.17) is 11.6 Å². The lowest BCUT2D eigenvalue weighted by Gasteiger charge is -2.26. The van der Waals surface area contributed by atoms with Crippen LogP contribution in [0.25, 0.3) is 0 Å². The Bertz CT molecular complexity index is 916. The number of benzene rings is 2. The number of anilines is 1. The number of hydrogen-bond acceptors (Lipinski definition) is 2. The standard InChI is InChI=1S/C21H18BrClN2O2/c22-16-8-11-19(23)18(14-16)21(27)24-12-3-4-15-6-9-17(10-7-15)25-13-2-1-5-20(25)26/h6-11,14H,1-2,5,12-13H2,(H,24,27). The first-order chi connectivity index (χ1) is 13.0. The fraction of sp³-hybridized carbons (Fsp3) is 0.238. The molecular weight excluding hydrogens is 428 g/mol. The molecule has 2 aromatic rings. The normalized spacial score (nSPS) is 13.7. The first-order valence-corrected chi connectivity index (χ1v) is 9.84. The number of hydrogen-bond donors (Lipinski definition) is 1. The fourth-order valence-electron chi connectivity index (χ4n) is 2.84. The van der Waals surface area contributed by atoms with Crippen LogP contribution in [0.5, 0.6) is 0 Å². The highest BCUT2D eigenvalue weighted by atomic mass is 79.9. The van der Waals surface area contributed by atoms with Crippen molar-refractivity contribution >= 4 is 45.0 Å². The molecule has 0 unspecified atom stereocenters. The van der Waals surface area contributed by atoms with Crippen LogP contribution in [0, 0.1) is 11.8 Å². The largest absolute Gasteiger partial charge is 0.341 e. The Hall–Kier alpha value is -2.29. The van der Waals surface area contributed by atoms with Gasteiger partial charge in [0.05, 0.1) is 17.1 Å². The zero-order chi connectivity index (χ0) is 19.2. The van der Waals surface area contributed by atoms with Gasteiger partial charge in [-0.3, -0.25) is 9.59 Å². The third-order valence-electron chi connectivity index (χ3n) is 4.25. The molecule has 0 aromatic heterocycles. The first kappa shape index (κ1) is 19.5. The summed E-state index contributed by atoms with van der Waals surface area (Å²) in [7, 11) is 0. The zero-order valence-electron chi connectivity index (χ0n) is 14.6. The number of rotatable bonds is 3. The van der Waals surface area contributed by atoms with E-state index < -0.39 is 0 Å². The van der Waals surface area contributed by atoms with Crippen molar-refractivity contribution in [2.45, 2.75) is 19.3 Å². The molecule has 0 radical (unpaired) electrons. The molecule has 1 N–H and O–H groups in total. The number of nitrogens with zero attached hydrogens (tertiary/aromatic N) is 1. The molecule has 0 atom stereocenters. The summed E-state index contributed by atoms with van der Waals surface area (Å²) in [6.07, 6.45) is 2.62. The SMILES string of the molecule is O=C(NCC#Cc1ccc(N2CCCCC2=O)cc1)c1cc(Br)ccc1Cl. The topological polar surface area (TPSA) is 49.4 Å². The monoisotopic (exact) mass is 444 g/mol. The van der Waals surface area contributed by atoms with Gasteiger partial charge in [-0.2, -0.15) is 0 Å². The van der Waals surface area contributed by atoms with Gasteiger partial charge in [0, 0.05) is 28.7 Å². The molecule has 1 aliphatic heterocycles. The Morgan fingerprint density at radius 1 is 1.19 bits per heavy atom. The van der Waals surface area contributed by atoms with Crippen LogP contribution in [-0.2, 0) is 4.79 Å². The van der Waals surface area contributed by atoms with Crippen molar-refractivity contribution < 1.29 is 9.59 Å². The number of carbonyl (C=O) groups is 2. The molecule has 0 aliphatic carbocycles. The third-order valence-corrected chi connectivity index (χ3v) is 5.07. The maximum absolute atomic E-state index is 12.2. The summed E-state index contributed by atoms with van der Waals surface area (Å²) < 4.78 is 0.787. The van der Waals surface area contributed by atoms with Crippen molar-refractivity contribution in [3.63, 3.8) is 0 Å². The van der Waals surface area contributed by atoms with E-state index in [0.29, 0.717) is 17.0 Å². The summed E-state index contributed by atoms with van der Waals surface area (Å²) in [5.74, 6) is 5.84. The Morgan fingerprint density at radius 3 is 2.70 bits per heavy atom. The molecule has 0 bridgehead atoms. The van der Waals surface area contributed by atoms with Crippen molar-refractivity contribution in [1.82, 2.24) is 5.32 Å². The van der Waals surface area contributed by atoms with Crippen molar-refractivity contribution in [2.24, 2.45) is 0 Å². The maximum atomic E-state index is 12.2. The van der Waals surface area contributed by atoms with Gasteiger partial charge in [0.25, 0.3) is 5.91 Å². The molecule has 0 saturated carbocycles. The smallest absolute Gasteiger partial charge is 0.253 e. The Labute approximate surface area is 172 Å². The van der Waals surface area contributed by atoms with E-state index in [1.807, 2.05) is 29.2 Å². The summed E-state index contributed by atoms with van der Waals surface area (Å²) in [5, 5.41) is 3.13. The lowest BCUT2D eigenvalue weighted by molar-refractivity contribution is -0.119. The molecular formula is C21H18BrClN2O2. The lowest BCUT2D eigenvalue weighted by Crippen LogP contribution is -2.35. The van der Waals surface area contributed by atoms with Gasteiger partial charge in [-0.05, 0) is 55.3 Å². The molecule has 1 saturated heterocycles. The number of halogens is 2. The van der Waals surface area contributed by atoms with Crippen LogP contribution in [0.2, 0.25) is 5.02 Å². The molecule has 138 valence electrons. The molecule has 1 aliphatic rings. The molecule has 3 rings (SSSR count). The summed E-state index contributed by atoms with van der Waals surface area (Å²) in [5.41, 5.74) is 2.14. The highest BCUT2D eigenvalue weighted by Gasteiger charge is 2.19. The fourth-order valence-corrected chi connectivity index (χ4v) is 3.41. The molecule has 4 nitrogen and oxygen atoms in total. The Balaban J connectivity index is 1.57. The van der Waals surface area contributed by atoms with Crippen molar-refractivity contribution in [3.05, 3.63) is 63.1 Å². The molecule has 0 spiro atoms. The highest BCUT2D eigenvalue weighted by Crippen LogP contribution is 2.22. The quantitative estimate of drug-likeness (QED) is 0.712. The van der Waals surface area contributed by atoms with Crippen LogP contribution in [0.3, 0.4) is 0 Å². The van der Waals surface area contributed by atoms with Gasteiger partial charge >= 0.3 is 0 Å². The average Bonchev–Trinajstić information content (AvgIpc) is 2.68. The predicted octanol–water partition coefficient (Wildman–Crippen LogP) is 4.40. The van der Waals surface area contributed by atoms with Crippen LogP contribution >= 0.6 is 27.5 Å².